The first kappa shape index (κ1) is 25.3. The number of benzene rings is 1. The van der Waals surface area contributed by atoms with E-state index in [1.807, 2.05) is 12.1 Å². The smallest absolute Gasteiger partial charge is 0.329 e. The number of Topliss-reactive ketones (excluding diaryl/α,β-unsaturated/α-hetero) is 1. The molecule has 0 saturated carbocycles. The van der Waals surface area contributed by atoms with Crippen LogP contribution in [0.3, 0.4) is 0 Å². The minimum Gasteiger partial charge on any atom is -0.480 e. The van der Waals surface area contributed by atoms with E-state index in [9.17, 15) is 9.59 Å². The standard InChI is InChI=1S/C24H38O5/c1-21-12-14-22(15-13-21)19-23(25)11-7-10-17-28-16-8-5-3-2-4-6-9-18-29-20-24(26)27/h12-15H,2-11,16-20H2,1H3,(H,26,27). The average Bonchev–Trinajstić information content (AvgIpc) is 2.69. The highest BCUT2D eigenvalue weighted by molar-refractivity contribution is 5.80. The van der Waals surface area contributed by atoms with E-state index in [0.29, 0.717) is 25.2 Å². The Morgan fingerprint density at radius 1 is 0.759 bits per heavy atom. The molecule has 5 nitrogen and oxygen atoms in total. The maximum Gasteiger partial charge on any atom is 0.329 e. The molecule has 0 aliphatic heterocycles. The first-order valence-corrected chi connectivity index (χ1v) is 11.0. The number of ether oxygens (including phenoxy) is 2. The van der Waals surface area contributed by atoms with Gasteiger partial charge in [-0.15, -0.1) is 0 Å². The molecule has 0 spiro atoms. The van der Waals surface area contributed by atoms with E-state index in [2.05, 4.69) is 19.1 Å². The van der Waals surface area contributed by atoms with Gasteiger partial charge in [0.05, 0.1) is 0 Å². The number of rotatable bonds is 19. The third-order valence-electron chi connectivity index (χ3n) is 4.82. The van der Waals surface area contributed by atoms with Crippen LogP contribution in [0.1, 0.15) is 75.3 Å². The lowest BCUT2D eigenvalue weighted by Gasteiger charge is -2.05. The summed E-state index contributed by atoms with van der Waals surface area (Å²) in [5.74, 6) is -0.596. The number of hydrogen-bond donors (Lipinski definition) is 1. The monoisotopic (exact) mass is 406 g/mol. The second kappa shape index (κ2) is 17.2. The summed E-state index contributed by atoms with van der Waals surface area (Å²) in [6.07, 6.45) is 10.9. The Kier molecular flexibility index (Phi) is 15.0. The zero-order chi connectivity index (χ0) is 21.2. The summed E-state index contributed by atoms with van der Waals surface area (Å²) in [5, 5.41) is 8.45. The molecule has 0 aliphatic carbocycles. The number of carboxylic acid groups (broad SMARTS) is 1. The van der Waals surface area contributed by atoms with Gasteiger partial charge in [0.1, 0.15) is 12.4 Å². The molecule has 5 heteroatoms. The van der Waals surface area contributed by atoms with Crippen molar-refractivity contribution in [2.45, 2.75) is 77.6 Å². The van der Waals surface area contributed by atoms with E-state index in [1.54, 1.807) is 0 Å². The van der Waals surface area contributed by atoms with Crippen LogP contribution in [0.2, 0.25) is 0 Å². The highest BCUT2D eigenvalue weighted by Crippen LogP contribution is 2.09. The van der Waals surface area contributed by atoms with Gasteiger partial charge in [-0.1, -0.05) is 61.9 Å². The highest BCUT2D eigenvalue weighted by atomic mass is 16.5. The normalized spacial score (nSPS) is 10.9. The molecule has 0 fully saturated rings. The molecule has 1 aromatic carbocycles. The molecule has 0 radical (unpaired) electrons. The van der Waals surface area contributed by atoms with Crippen molar-refractivity contribution in [3.05, 3.63) is 35.4 Å². The Labute approximate surface area is 175 Å². The van der Waals surface area contributed by atoms with Gasteiger partial charge in [0.2, 0.25) is 0 Å². The van der Waals surface area contributed by atoms with Crippen LogP contribution in [0.5, 0.6) is 0 Å². The second-order valence-electron chi connectivity index (χ2n) is 7.69. The van der Waals surface area contributed by atoms with Crippen LogP contribution in [0, 0.1) is 6.92 Å². The summed E-state index contributed by atoms with van der Waals surface area (Å²) in [6, 6.07) is 8.17. The molecule has 29 heavy (non-hydrogen) atoms. The number of carbonyl (C=O) groups is 2. The van der Waals surface area contributed by atoms with E-state index in [4.69, 9.17) is 14.6 Å². The summed E-state index contributed by atoms with van der Waals surface area (Å²) in [5.41, 5.74) is 2.32. The Hall–Kier alpha value is -1.72. The molecule has 1 N–H and O–H groups in total. The lowest BCUT2D eigenvalue weighted by atomic mass is 10.0. The Morgan fingerprint density at radius 2 is 1.28 bits per heavy atom. The lowest BCUT2D eigenvalue weighted by Crippen LogP contribution is -2.07. The maximum absolute atomic E-state index is 12.0. The topological polar surface area (TPSA) is 72.8 Å². The number of ketones is 1. The van der Waals surface area contributed by atoms with Crippen molar-refractivity contribution in [3.8, 4) is 0 Å². The quantitative estimate of drug-likeness (QED) is 0.323. The Bertz CT molecular complexity index is 553. The highest BCUT2D eigenvalue weighted by Gasteiger charge is 2.03. The van der Waals surface area contributed by atoms with E-state index in [-0.39, 0.29) is 6.61 Å². The Morgan fingerprint density at radius 3 is 1.86 bits per heavy atom. The SMILES string of the molecule is Cc1ccc(CC(=O)CCCCOCCCCCCCCCOCC(=O)O)cc1. The van der Waals surface area contributed by atoms with Crippen molar-refractivity contribution < 1.29 is 24.2 Å². The van der Waals surface area contributed by atoms with Crippen LogP contribution >= 0.6 is 0 Å². The molecular formula is C24H38O5. The predicted octanol–water partition coefficient (Wildman–Crippen LogP) is 5.13. The van der Waals surface area contributed by atoms with Gasteiger partial charge in [0.25, 0.3) is 0 Å². The number of carbonyl (C=O) groups excluding carboxylic acids is 1. The fourth-order valence-corrected chi connectivity index (χ4v) is 3.10. The zero-order valence-corrected chi connectivity index (χ0v) is 18.0. The van der Waals surface area contributed by atoms with Gasteiger partial charge in [-0.25, -0.2) is 4.79 Å². The summed E-state index contributed by atoms with van der Waals surface area (Å²) in [7, 11) is 0. The molecular weight excluding hydrogens is 368 g/mol. The van der Waals surface area contributed by atoms with Crippen molar-refractivity contribution in [3.63, 3.8) is 0 Å². The van der Waals surface area contributed by atoms with Crippen LogP contribution in [0.4, 0.5) is 0 Å². The fraction of sp³-hybridized carbons (Fsp3) is 0.667. The van der Waals surface area contributed by atoms with E-state index in [0.717, 1.165) is 50.9 Å². The third-order valence-corrected chi connectivity index (χ3v) is 4.82. The summed E-state index contributed by atoms with van der Waals surface area (Å²) in [6.45, 7) is 3.95. The van der Waals surface area contributed by atoms with Crippen molar-refractivity contribution in [1.29, 1.82) is 0 Å². The fourth-order valence-electron chi connectivity index (χ4n) is 3.10. The van der Waals surface area contributed by atoms with E-state index in [1.165, 1.54) is 31.2 Å². The molecule has 0 unspecified atom stereocenters. The minimum absolute atomic E-state index is 0.191. The van der Waals surface area contributed by atoms with Gasteiger partial charge in [-0.2, -0.15) is 0 Å². The van der Waals surface area contributed by atoms with Crippen molar-refractivity contribution in [1.82, 2.24) is 0 Å². The largest absolute Gasteiger partial charge is 0.480 e. The van der Waals surface area contributed by atoms with E-state index < -0.39 is 5.97 Å². The van der Waals surface area contributed by atoms with Crippen molar-refractivity contribution in [2.75, 3.05) is 26.4 Å². The van der Waals surface area contributed by atoms with Crippen molar-refractivity contribution >= 4 is 11.8 Å². The first-order chi connectivity index (χ1) is 14.1. The maximum atomic E-state index is 12.0. The van der Waals surface area contributed by atoms with Crippen LogP contribution in [0.25, 0.3) is 0 Å². The van der Waals surface area contributed by atoms with Crippen LogP contribution in [0.15, 0.2) is 24.3 Å². The molecule has 0 bridgehead atoms. The van der Waals surface area contributed by atoms with Crippen molar-refractivity contribution in [2.24, 2.45) is 0 Å². The molecule has 0 heterocycles. The summed E-state index contributed by atoms with van der Waals surface area (Å²) >= 11 is 0. The summed E-state index contributed by atoms with van der Waals surface area (Å²) in [4.78, 5) is 22.3. The van der Waals surface area contributed by atoms with Crippen LogP contribution in [-0.4, -0.2) is 43.3 Å². The van der Waals surface area contributed by atoms with Crippen LogP contribution < -0.4 is 0 Å². The molecule has 0 aromatic heterocycles. The van der Waals surface area contributed by atoms with Gasteiger partial charge >= 0.3 is 5.97 Å². The minimum atomic E-state index is -0.904. The number of carboxylic acids is 1. The molecule has 0 amide bonds. The van der Waals surface area contributed by atoms with Gasteiger partial charge in [0.15, 0.2) is 0 Å². The number of aliphatic carboxylic acids is 1. The molecule has 1 aromatic rings. The molecule has 164 valence electrons. The van der Waals surface area contributed by atoms with Gasteiger partial charge in [-0.05, 0) is 38.2 Å². The molecule has 0 saturated heterocycles. The number of hydrogen-bond acceptors (Lipinski definition) is 4. The van der Waals surface area contributed by atoms with Gasteiger partial charge in [-0.3, -0.25) is 4.79 Å². The van der Waals surface area contributed by atoms with Gasteiger partial charge in [0, 0.05) is 32.7 Å². The lowest BCUT2D eigenvalue weighted by molar-refractivity contribution is -0.142. The second-order valence-corrected chi connectivity index (χ2v) is 7.69. The van der Waals surface area contributed by atoms with Crippen LogP contribution in [-0.2, 0) is 25.5 Å². The summed E-state index contributed by atoms with van der Waals surface area (Å²) < 4.78 is 10.7. The molecule has 0 aliphatic rings. The van der Waals surface area contributed by atoms with Gasteiger partial charge < -0.3 is 14.6 Å². The Balaban J connectivity index is 1.79. The number of aryl methyl sites for hydroxylation is 1. The predicted molar refractivity (Wildman–Crippen MR) is 115 cm³/mol. The van der Waals surface area contributed by atoms with E-state index >= 15 is 0 Å². The third kappa shape index (κ3) is 15.8. The first-order valence-electron chi connectivity index (χ1n) is 11.0. The molecule has 0 atom stereocenters. The molecule has 1 rings (SSSR count). The number of unbranched alkanes of at least 4 members (excludes halogenated alkanes) is 7. The zero-order valence-electron chi connectivity index (χ0n) is 18.0. The average molecular weight is 407 g/mol.